The van der Waals surface area contributed by atoms with Gasteiger partial charge in [0.15, 0.2) is 0 Å². The van der Waals surface area contributed by atoms with Gasteiger partial charge in [0.05, 0.1) is 6.54 Å². The van der Waals surface area contributed by atoms with Gasteiger partial charge < -0.3 is 0 Å². The Labute approximate surface area is 52.9 Å². The molecule has 0 saturated carbocycles. The average Bonchev–Trinajstić information content (AvgIpc) is 2.13. The van der Waals surface area contributed by atoms with E-state index in [1.165, 1.54) is 11.0 Å². The molecule has 0 N–H and O–H groups in total. The van der Waals surface area contributed by atoms with Crippen LogP contribution in [0.1, 0.15) is 0 Å². The Bertz CT molecular complexity index is 155. The fourth-order valence-corrected chi connectivity index (χ4v) is 0.664. The van der Waals surface area contributed by atoms with Crippen molar-refractivity contribution in [3.05, 3.63) is 28.8 Å². The maximum absolute atomic E-state index is 10.1. The Kier molecular flexibility index (Phi) is 1.48. The molecule has 0 saturated heterocycles. The van der Waals surface area contributed by atoms with Crippen molar-refractivity contribution in [3.63, 3.8) is 0 Å². The highest BCUT2D eigenvalue weighted by Gasteiger charge is 2.25. The maximum atomic E-state index is 10.1. The van der Waals surface area contributed by atoms with Crippen LogP contribution in [0.4, 0.5) is 0 Å². The van der Waals surface area contributed by atoms with E-state index in [1.807, 2.05) is 0 Å². The van der Waals surface area contributed by atoms with Crippen molar-refractivity contribution < 1.29 is 4.92 Å². The molecule has 4 nitrogen and oxygen atoms in total. The van der Waals surface area contributed by atoms with Crippen LogP contribution in [-0.4, -0.2) is 23.0 Å². The van der Waals surface area contributed by atoms with Crippen LogP contribution in [0, 0.1) is 16.7 Å². The summed E-state index contributed by atoms with van der Waals surface area (Å²) in [6.45, 7) is 2.66. The second kappa shape index (κ2) is 2.14. The number of hydrogen-bond acceptors (Lipinski definition) is 3. The molecule has 0 spiro atoms. The predicted octanol–water partition coefficient (Wildman–Crippen LogP) is 0.130. The van der Waals surface area contributed by atoms with E-state index < -0.39 is 6.17 Å². The number of rotatable bonds is 1. The van der Waals surface area contributed by atoms with Crippen LogP contribution < -0.4 is 0 Å². The van der Waals surface area contributed by atoms with Crippen LogP contribution >= 0.6 is 0 Å². The molecule has 2 radical (unpaired) electrons. The summed E-state index contributed by atoms with van der Waals surface area (Å²) in [5, 5.41) is 10.1. The molecule has 1 aliphatic rings. The highest BCUT2D eigenvalue weighted by molar-refractivity contribution is 5.05. The topological polar surface area (TPSA) is 46.4 Å². The third-order valence-electron chi connectivity index (χ3n) is 1.16. The minimum atomic E-state index is -0.704. The molecule has 4 heteroatoms. The number of hydrogen-bond donors (Lipinski definition) is 0. The Hall–Kier alpha value is -0.900. The smallest absolute Gasteiger partial charge is 0.262 e. The van der Waals surface area contributed by atoms with E-state index >= 15 is 0 Å². The van der Waals surface area contributed by atoms with E-state index in [9.17, 15) is 10.1 Å². The van der Waals surface area contributed by atoms with Gasteiger partial charge in [-0.15, -0.1) is 0 Å². The highest BCUT2D eigenvalue weighted by atomic mass is 16.6. The summed E-state index contributed by atoms with van der Waals surface area (Å²) in [5.41, 5.74) is 0. The fourth-order valence-electron chi connectivity index (χ4n) is 0.664. The van der Waals surface area contributed by atoms with Gasteiger partial charge in [-0.1, -0.05) is 6.08 Å². The second-order valence-electron chi connectivity index (χ2n) is 1.80. The van der Waals surface area contributed by atoms with Gasteiger partial charge in [-0.2, -0.15) is 0 Å². The first-order valence-corrected chi connectivity index (χ1v) is 2.51. The van der Waals surface area contributed by atoms with Gasteiger partial charge in [-0.25, -0.2) is 4.90 Å². The van der Waals surface area contributed by atoms with Gasteiger partial charge in [0, 0.05) is 11.0 Å². The van der Waals surface area contributed by atoms with Crippen LogP contribution in [-0.2, 0) is 0 Å². The van der Waals surface area contributed by atoms with E-state index in [4.69, 9.17) is 0 Å². The predicted molar refractivity (Wildman–Crippen MR) is 30.9 cm³/mol. The lowest BCUT2D eigenvalue weighted by Gasteiger charge is -2.08. The molecular formula is C5H6N2O2. The lowest BCUT2D eigenvalue weighted by molar-refractivity contribution is -0.530. The lowest BCUT2D eigenvalue weighted by Crippen LogP contribution is -2.30. The minimum absolute atomic E-state index is 0.365. The van der Waals surface area contributed by atoms with E-state index in [-0.39, 0.29) is 4.92 Å². The van der Waals surface area contributed by atoms with Crippen molar-refractivity contribution in [1.82, 2.24) is 4.90 Å². The summed E-state index contributed by atoms with van der Waals surface area (Å²) in [5.74, 6) is 0. The number of likely N-dealkylation sites (N-methyl/N-ethyl adjacent to an activating group) is 1. The zero-order chi connectivity index (χ0) is 6.85. The summed E-state index contributed by atoms with van der Waals surface area (Å²) in [7, 11) is 1.62. The van der Waals surface area contributed by atoms with E-state index in [2.05, 4.69) is 6.54 Å². The first-order valence-electron chi connectivity index (χ1n) is 2.51. The van der Waals surface area contributed by atoms with Crippen LogP contribution in [0.5, 0.6) is 0 Å². The molecule has 0 amide bonds. The van der Waals surface area contributed by atoms with Gasteiger partial charge in [0.1, 0.15) is 0 Å². The van der Waals surface area contributed by atoms with E-state index in [0.29, 0.717) is 0 Å². The summed E-state index contributed by atoms with van der Waals surface area (Å²) >= 11 is 0. The molecule has 0 aromatic heterocycles. The Morgan fingerprint density at radius 1 is 1.89 bits per heavy atom. The zero-order valence-corrected chi connectivity index (χ0v) is 4.94. The standard InChI is InChI=1S/C5H6N2O2/c1-6-4-2-3-5(6)7(8)9/h2-3,5H,1H3. The molecule has 0 aliphatic carbocycles. The molecule has 0 aromatic rings. The SMILES string of the molecule is CN1[C]C=CC1[N+](=O)[O-]. The zero-order valence-electron chi connectivity index (χ0n) is 4.94. The Balaban J connectivity index is 2.59. The van der Waals surface area contributed by atoms with Gasteiger partial charge in [-0.3, -0.25) is 10.1 Å². The largest absolute Gasteiger partial charge is 0.287 e. The van der Waals surface area contributed by atoms with Crippen LogP contribution in [0.25, 0.3) is 0 Å². The first kappa shape index (κ1) is 6.22. The molecule has 9 heavy (non-hydrogen) atoms. The lowest BCUT2D eigenvalue weighted by atomic mass is 10.5. The summed E-state index contributed by atoms with van der Waals surface area (Å²) in [6.07, 6.45) is 2.33. The van der Waals surface area contributed by atoms with Crippen molar-refractivity contribution in [2.24, 2.45) is 0 Å². The van der Waals surface area contributed by atoms with Crippen molar-refractivity contribution in [2.45, 2.75) is 6.17 Å². The number of nitro groups is 1. The Morgan fingerprint density at radius 3 is 2.78 bits per heavy atom. The van der Waals surface area contributed by atoms with Gasteiger partial charge in [0.2, 0.25) is 0 Å². The molecule has 1 aliphatic heterocycles. The molecule has 48 valence electrons. The van der Waals surface area contributed by atoms with Crippen LogP contribution in [0.15, 0.2) is 12.2 Å². The fraction of sp³-hybridized carbons (Fsp3) is 0.400. The molecule has 0 bridgehead atoms. The molecule has 0 aromatic carbocycles. The third kappa shape index (κ3) is 1.08. The van der Waals surface area contributed by atoms with Gasteiger partial charge >= 0.3 is 0 Å². The van der Waals surface area contributed by atoms with Crippen molar-refractivity contribution in [3.8, 4) is 0 Å². The Morgan fingerprint density at radius 2 is 2.56 bits per heavy atom. The van der Waals surface area contributed by atoms with Crippen molar-refractivity contribution >= 4 is 0 Å². The normalized spacial score (nSPS) is 27.0. The third-order valence-corrected chi connectivity index (χ3v) is 1.16. The van der Waals surface area contributed by atoms with E-state index in [1.54, 1.807) is 13.1 Å². The summed E-state index contributed by atoms with van der Waals surface area (Å²) < 4.78 is 0. The monoisotopic (exact) mass is 126 g/mol. The molecule has 0 fully saturated rings. The van der Waals surface area contributed by atoms with Crippen LogP contribution in [0.3, 0.4) is 0 Å². The number of nitrogens with zero attached hydrogens (tertiary/aromatic N) is 2. The first-order chi connectivity index (χ1) is 4.22. The quantitative estimate of drug-likeness (QED) is 0.370. The van der Waals surface area contributed by atoms with Crippen LogP contribution in [0.2, 0.25) is 0 Å². The maximum Gasteiger partial charge on any atom is 0.287 e. The molecule has 1 unspecified atom stereocenters. The van der Waals surface area contributed by atoms with Crippen molar-refractivity contribution in [1.29, 1.82) is 0 Å². The summed E-state index contributed by atoms with van der Waals surface area (Å²) in [6, 6.07) is 0. The van der Waals surface area contributed by atoms with Gasteiger partial charge in [0.25, 0.3) is 6.17 Å². The van der Waals surface area contributed by atoms with Gasteiger partial charge in [-0.05, 0) is 7.05 Å². The molecule has 1 atom stereocenters. The minimum Gasteiger partial charge on any atom is -0.262 e. The summed E-state index contributed by atoms with van der Waals surface area (Å²) in [4.78, 5) is 11.1. The second-order valence-corrected chi connectivity index (χ2v) is 1.80. The molecule has 1 heterocycles. The molecule has 1 rings (SSSR count). The van der Waals surface area contributed by atoms with Crippen molar-refractivity contribution in [2.75, 3.05) is 7.05 Å². The van der Waals surface area contributed by atoms with E-state index in [0.717, 1.165) is 0 Å². The highest BCUT2D eigenvalue weighted by Crippen LogP contribution is 2.09. The average molecular weight is 126 g/mol. The molecular weight excluding hydrogens is 120 g/mol.